The van der Waals surface area contributed by atoms with Crippen molar-refractivity contribution in [3.63, 3.8) is 0 Å². The molecule has 5 heteroatoms. The number of carbonyl (C=O) groups is 2. The molecule has 0 aromatic carbocycles. The fourth-order valence-electron chi connectivity index (χ4n) is 2.18. The standard InChI is InChI=1S/C11H18N2O3/c12-11(5-6-11)10(16)13-8-3-1-7(2-4-8)9(14)15/h7-8H,1-6,12H2,(H,13,16)(H,14,15). The number of hydrogen-bond acceptors (Lipinski definition) is 3. The Balaban J connectivity index is 1.77. The van der Waals surface area contributed by atoms with Crippen LogP contribution >= 0.6 is 0 Å². The van der Waals surface area contributed by atoms with Crippen LogP contribution in [-0.2, 0) is 9.59 Å². The number of carbonyl (C=O) groups excluding carboxylic acids is 1. The molecular weight excluding hydrogens is 208 g/mol. The molecule has 2 aliphatic carbocycles. The summed E-state index contributed by atoms with van der Waals surface area (Å²) in [5.74, 6) is -1.02. The first-order chi connectivity index (χ1) is 7.51. The van der Waals surface area contributed by atoms with E-state index in [4.69, 9.17) is 10.8 Å². The van der Waals surface area contributed by atoms with Crippen molar-refractivity contribution in [3.8, 4) is 0 Å². The molecule has 0 aliphatic heterocycles. The number of carboxylic acid groups (broad SMARTS) is 1. The third-order valence-corrected chi connectivity index (χ3v) is 3.65. The van der Waals surface area contributed by atoms with Gasteiger partial charge in [0, 0.05) is 6.04 Å². The van der Waals surface area contributed by atoms with Crippen LogP contribution in [0.1, 0.15) is 38.5 Å². The maximum absolute atomic E-state index is 11.7. The van der Waals surface area contributed by atoms with E-state index in [1.165, 1.54) is 0 Å². The fraction of sp³-hybridized carbons (Fsp3) is 0.818. The smallest absolute Gasteiger partial charge is 0.306 e. The molecular formula is C11H18N2O3. The second-order valence-corrected chi connectivity index (χ2v) is 5.02. The lowest BCUT2D eigenvalue weighted by molar-refractivity contribution is -0.142. The van der Waals surface area contributed by atoms with E-state index in [2.05, 4.69) is 5.32 Å². The average molecular weight is 226 g/mol. The monoisotopic (exact) mass is 226 g/mol. The van der Waals surface area contributed by atoms with Gasteiger partial charge in [-0.25, -0.2) is 0 Å². The second kappa shape index (κ2) is 4.05. The Labute approximate surface area is 94.4 Å². The van der Waals surface area contributed by atoms with Crippen molar-refractivity contribution in [3.05, 3.63) is 0 Å². The SMILES string of the molecule is NC1(C(=O)NC2CCC(C(=O)O)CC2)CC1. The Morgan fingerprint density at radius 2 is 1.75 bits per heavy atom. The summed E-state index contributed by atoms with van der Waals surface area (Å²) in [7, 11) is 0. The van der Waals surface area contributed by atoms with Crippen LogP contribution in [0.3, 0.4) is 0 Å². The molecule has 0 aromatic heterocycles. The Hall–Kier alpha value is -1.10. The van der Waals surface area contributed by atoms with E-state index < -0.39 is 11.5 Å². The van der Waals surface area contributed by atoms with Gasteiger partial charge in [-0.3, -0.25) is 9.59 Å². The van der Waals surface area contributed by atoms with Gasteiger partial charge in [-0.2, -0.15) is 0 Å². The number of aliphatic carboxylic acids is 1. The molecule has 2 aliphatic rings. The highest BCUT2D eigenvalue weighted by Crippen LogP contribution is 2.33. The summed E-state index contributed by atoms with van der Waals surface area (Å²) in [6.07, 6.45) is 4.33. The summed E-state index contributed by atoms with van der Waals surface area (Å²) in [5, 5.41) is 11.8. The third-order valence-electron chi connectivity index (χ3n) is 3.65. The van der Waals surface area contributed by atoms with Crippen LogP contribution in [0.25, 0.3) is 0 Å². The Morgan fingerprint density at radius 1 is 1.19 bits per heavy atom. The number of amides is 1. The summed E-state index contributed by atoms with van der Waals surface area (Å²) in [4.78, 5) is 22.4. The largest absolute Gasteiger partial charge is 0.481 e. The van der Waals surface area contributed by atoms with Gasteiger partial charge in [-0.15, -0.1) is 0 Å². The van der Waals surface area contributed by atoms with Crippen molar-refractivity contribution >= 4 is 11.9 Å². The predicted octanol–water partition coefficient (Wildman–Crippen LogP) is 0.237. The normalized spacial score (nSPS) is 31.8. The van der Waals surface area contributed by atoms with Gasteiger partial charge >= 0.3 is 5.97 Å². The molecule has 0 heterocycles. The summed E-state index contributed by atoms with van der Waals surface area (Å²) >= 11 is 0. The van der Waals surface area contributed by atoms with Crippen molar-refractivity contribution in [2.75, 3.05) is 0 Å². The Kier molecular flexibility index (Phi) is 2.88. The molecule has 90 valence electrons. The first-order valence-electron chi connectivity index (χ1n) is 5.84. The Bertz CT molecular complexity index is 304. The van der Waals surface area contributed by atoms with Crippen molar-refractivity contribution in [1.29, 1.82) is 0 Å². The quantitative estimate of drug-likeness (QED) is 0.642. The van der Waals surface area contributed by atoms with Gasteiger partial charge in [0.1, 0.15) is 0 Å². The van der Waals surface area contributed by atoms with Gasteiger partial charge in [0.05, 0.1) is 11.5 Å². The molecule has 4 N–H and O–H groups in total. The zero-order valence-corrected chi connectivity index (χ0v) is 9.24. The summed E-state index contributed by atoms with van der Waals surface area (Å²) < 4.78 is 0. The van der Waals surface area contributed by atoms with Crippen LogP contribution in [0.2, 0.25) is 0 Å². The highest BCUT2D eigenvalue weighted by atomic mass is 16.4. The maximum atomic E-state index is 11.7. The van der Waals surface area contributed by atoms with E-state index in [9.17, 15) is 9.59 Å². The molecule has 0 atom stereocenters. The minimum Gasteiger partial charge on any atom is -0.481 e. The minimum atomic E-state index is -0.720. The minimum absolute atomic E-state index is 0.0636. The van der Waals surface area contributed by atoms with Gasteiger partial charge in [-0.1, -0.05) is 0 Å². The van der Waals surface area contributed by atoms with Crippen LogP contribution in [0, 0.1) is 5.92 Å². The summed E-state index contributed by atoms with van der Waals surface area (Å²) in [6, 6.07) is 0.115. The number of hydrogen-bond donors (Lipinski definition) is 3. The summed E-state index contributed by atoms with van der Waals surface area (Å²) in [5.41, 5.74) is 5.16. The van der Waals surface area contributed by atoms with E-state index >= 15 is 0 Å². The molecule has 0 saturated heterocycles. The number of nitrogens with two attached hydrogens (primary N) is 1. The highest BCUT2D eigenvalue weighted by molar-refractivity contribution is 5.89. The van der Waals surface area contributed by atoms with Crippen molar-refractivity contribution in [1.82, 2.24) is 5.32 Å². The zero-order chi connectivity index (χ0) is 11.8. The van der Waals surface area contributed by atoms with Crippen molar-refractivity contribution in [2.45, 2.75) is 50.1 Å². The lowest BCUT2D eigenvalue weighted by Gasteiger charge is -2.27. The van der Waals surface area contributed by atoms with Crippen molar-refractivity contribution < 1.29 is 14.7 Å². The molecule has 2 fully saturated rings. The van der Waals surface area contributed by atoms with Crippen LogP contribution in [0.15, 0.2) is 0 Å². The molecule has 5 nitrogen and oxygen atoms in total. The van der Waals surface area contributed by atoms with E-state index in [1.807, 2.05) is 0 Å². The molecule has 0 bridgehead atoms. The van der Waals surface area contributed by atoms with Gasteiger partial charge in [-0.05, 0) is 38.5 Å². The topological polar surface area (TPSA) is 92.4 Å². The Morgan fingerprint density at radius 3 is 2.19 bits per heavy atom. The van der Waals surface area contributed by atoms with Crippen LogP contribution in [-0.4, -0.2) is 28.6 Å². The van der Waals surface area contributed by atoms with Crippen LogP contribution in [0.5, 0.6) is 0 Å². The van der Waals surface area contributed by atoms with Gasteiger partial charge < -0.3 is 16.2 Å². The van der Waals surface area contributed by atoms with Crippen LogP contribution < -0.4 is 11.1 Å². The van der Waals surface area contributed by atoms with E-state index in [1.54, 1.807) is 0 Å². The van der Waals surface area contributed by atoms with Crippen molar-refractivity contribution in [2.24, 2.45) is 11.7 Å². The fourth-order valence-corrected chi connectivity index (χ4v) is 2.18. The molecule has 0 unspecified atom stereocenters. The average Bonchev–Trinajstić information content (AvgIpc) is 2.99. The molecule has 16 heavy (non-hydrogen) atoms. The predicted molar refractivity (Wildman–Crippen MR) is 57.7 cm³/mol. The van der Waals surface area contributed by atoms with Gasteiger partial charge in [0.15, 0.2) is 0 Å². The van der Waals surface area contributed by atoms with E-state index in [0.29, 0.717) is 12.8 Å². The molecule has 2 rings (SSSR count). The molecule has 0 radical (unpaired) electrons. The number of nitrogens with one attached hydrogen (secondary N) is 1. The zero-order valence-electron chi connectivity index (χ0n) is 9.24. The van der Waals surface area contributed by atoms with Gasteiger partial charge in [0.25, 0.3) is 0 Å². The highest BCUT2D eigenvalue weighted by Gasteiger charge is 2.46. The van der Waals surface area contributed by atoms with Crippen LogP contribution in [0.4, 0.5) is 0 Å². The lowest BCUT2D eigenvalue weighted by atomic mass is 9.86. The van der Waals surface area contributed by atoms with Gasteiger partial charge in [0.2, 0.25) is 5.91 Å². The van der Waals surface area contributed by atoms with E-state index in [0.717, 1.165) is 25.7 Å². The number of rotatable bonds is 3. The first kappa shape index (κ1) is 11.4. The number of carboxylic acids is 1. The molecule has 1 amide bonds. The molecule has 0 spiro atoms. The third kappa shape index (κ3) is 2.35. The second-order valence-electron chi connectivity index (χ2n) is 5.02. The molecule has 2 saturated carbocycles. The lowest BCUT2D eigenvalue weighted by Crippen LogP contribution is -2.48. The summed E-state index contributed by atoms with van der Waals surface area (Å²) in [6.45, 7) is 0. The first-order valence-corrected chi connectivity index (χ1v) is 5.84. The molecule has 0 aromatic rings. The van der Waals surface area contributed by atoms with E-state index in [-0.39, 0.29) is 17.9 Å². The maximum Gasteiger partial charge on any atom is 0.306 e.